The summed E-state index contributed by atoms with van der Waals surface area (Å²) in [5.74, 6) is 0.505. The van der Waals surface area contributed by atoms with Gasteiger partial charge in [-0.2, -0.15) is 0 Å². The Bertz CT molecular complexity index is 287. The average Bonchev–Trinajstić information content (AvgIpc) is 2.35. The highest BCUT2D eigenvalue weighted by Crippen LogP contribution is 2.06. The van der Waals surface area contributed by atoms with Gasteiger partial charge in [0.2, 0.25) is 0 Å². The Morgan fingerprint density at radius 3 is 0.913 bits per heavy atom. The summed E-state index contributed by atoms with van der Waals surface area (Å²) in [6, 6.07) is 0. The smallest absolute Gasteiger partial charge is 0.163 e. The SMILES string of the molecule is C.CC(C)OC(C)C(=O)C(C)C.CC(C)OC(C)C(=O)C(C)C. The van der Waals surface area contributed by atoms with Crippen LogP contribution >= 0.6 is 0 Å². The maximum atomic E-state index is 11.3. The minimum atomic E-state index is -0.255. The van der Waals surface area contributed by atoms with Crippen LogP contribution in [-0.4, -0.2) is 36.0 Å². The van der Waals surface area contributed by atoms with Crippen LogP contribution in [0.15, 0.2) is 0 Å². The zero-order chi connectivity index (χ0) is 18.0. The lowest BCUT2D eigenvalue weighted by molar-refractivity contribution is -0.135. The molecular weight excluding hydrogens is 292 g/mol. The molecular formula is C19H40O4. The van der Waals surface area contributed by atoms with Gasteiger partial charge in [-0.1, -0.05) is 35.1 Å². The number of rotatable bonds is 8. The maximum absolute atomic E-state index is 11.3. The van der Waals surface area contributed by atoms with Crippen LogP contribution in [0.25, 0.3) is 0 Å². The Labute approximate surface area is 144 Å². The minimum Gasteiger partial charge on any atom is -0.368 e. The van der Waals surface area contributed by atoms with Gasteiger partial charge in [-0.05, 0) is 41.5 Å². The Kier molecular flexibility index (Phi) is 16.1. The van der Waals surface area contributed by atoms with E-state index < -0.39 is 0 Å². The molecule has 0 spiro atoms. The first kappa shape index (κ1) is 27.1. The average molecular weight is 333 g/mol. The predicted octanol–water partition coefficient (Wildman–Crippen LogP) is 4.69. The highest BCUT2D eigenvalue weighted by molar-refractivity contribution is 5.84. The molecule has 0 amide bonds. The molecule has 0 N–H and O–H groups in total. The monoisotopic (exact) mass is 332 g/mol. The lowest BCUT2D eigenvalue weighted by Gasteiger charge is -2.16. The second-order valence-corrected chi connectivity index (χ2v) is 6.77. The highest BCUT2D eigenvalue weighted by atomic mass is 16.5. The van der Waals surface area contributed by atoms with Gasteiger partial charge in [-0.15, -0.1) is 0 Å². The summed E-state index contributed by atoms with van der Waals surface area (Å²) in [5, 5.41) is 0. The Hall–Kier alpha value is -0.740. The Balaban J connectivity index is -0.000000333. The highest BCUT2D eigenvalue weighted by Gasteiger charge is 2.18. The molecule has 0 radical (unpaired) electrons. The summed E-state index contributed by atoms with van der Waals surface area (Å²) in [5.41, 5.74) is 0. The van der Waals surface area contributed by atoms with Gasteiger partial charge in [0, 0.05) is 11.8 Å². The fraction of sp³-hybridized carbons (Fsp3) is 0.895. The molecule has 140 valence electrons. The molecule has 0 saturated carbocycles. The molecule has 0 aliphatic carbocycles. The van der Waals surface area contributed by atoms with Crippen molar-refractivity contribution in [3.8, 4) is 0 Å². The maximum Gasteiger partial charge on any atom is 0.163 e. The molecule has 0 bridgehead atoms. The molecule has 4 nitrogen and oxygen atoms in total. The zero-order valence-corrected chi connectivity index (χ0v) is 16.1. The molecule has 0 aliphatic heterocycles. The van der Waals surface area contributed by atoms with E-state index in [4.69, 9.17) is 9.47 Å². The van der Waals surface area contributed by atoms with Crippen molar-refractivity contribution in [2.24, 2.45) is 11.8 Å². The standard InChI is InChI=1S/2C9H18O2.CH4/c2*1-6(2)9(10)8(5)11-7(3)4;/h2*6-8H,1-5H3;1H4. The van der Waals surface area contributed by atoms with Crippen molar-refractivity contribution < 1.29 is 19.1 Å². The summed E-state index contributed by atoms with van der Waals surface area (Å²) in [4.78, 5) is 22.5. The molecule has 0 aliphatic rings. The van der Waals surface area contributed by atoms with Crippen molar-refractivity contribution in [2.75, 3.05) is 0 Å². The normalized spacial score (nSPS) is 13.5. The number of hydrogen-bond donors (Lipinski definition) is 0. The molecule has 0 aromatic rings. The molecule has 0 aromatic heterocycles. The van der Waals surface area contributed by atoms with Crippen molar-refractivity contribution in [1.82, 2.24) is 0 Å². The fourth-order valence-electron chi connectivity index (χ4n) is 1.89. The van der Waals surface area contributed by atoms with Crippen molar-refractivity contribution in [3.63, 3.8) is 0 Å². The van der Waals surface area contributed by atoms with Crippen LogP contribution in [0.1, 0.15) is 76.7 Å². The number of ether oxygens (including phenoxy) is 2. The molecule has 4 heteroatoms. The van der Waals surface area contributed by atoms with E-state index in [1.165, 1.54) is 0 Å². The van der Waals surface area contributed by atoms with Crippen molar-refractivity contribution in [3.05, 3.63) is 0 Å². The first-order chi connectivity index (χ1) is 9.89. The summed E-state index contributed by atoms with van der Waals surface area (Å²) >= 11 is 0. The third-order valence-electron chi connectivity index (χ3n) is 2.89. The van der Waals surface area contributed by atoms with E-state index in [0.717, 1.165) is 0 Å². The van der Waals surface area contributed by atoms with E-state index in [2.05, 4.69) is 0 Å². The summed E-state index contributed by atoms with van der Waals surface area (Å²) in [7, 11) is 0. The van der Waals surface area contributed by atoms with Crippen molar-refractivity contribution in [2.45, 2.75) is 101 Å². The third kappa shape index (κ3) is 14.6. The number of carbonyl (C=O) groups is 2. The van der Waals surface area contributed by atoms with E-state index in [1.807, 2.05) is 69.2 Å². The Morgan fingerprint density at radius 2 is 0.783 bits per heavy atom. The summed E-state index contributed by atoms with van der Waals surface area (Å²) in [6.45, 7) is 18.9. The van der Waals surface area contributed by atoms with E-state index in [1.54, 1.807) is 0 Å². The van der Waals surface area contributed by atoms with Crippen molar-refractivity contribution >= 4 is 11.6 Å². The summed E-state index contributed by atoms with van der Waals surface area (Å²) in [6.07, 6.45) is -0.245. The third-order valence-corrected chi connectivity index (χ3v) is 2.89. The van der Waals surface area contributed by atoms with E-state index in [9.17, 15) is 9.59 Å². The number of carbonyl (C=O) groups excluding carboxylic acids is 2. The predicted molar refractivity (Wildman–Crippen MR) is 97.8 cm³/mol. The number of ketones is 2. The van der Waals surface area contributed by atoms with Gasteiger partial charge in [0.1, 0.15) is 12.2 Å². The zero-order valence-electron chi connectivity index (χ0n) is 16.1. The van der Waals surface area contributed by atoms with Crippen molar-refractivity contribution in [1.29, 1.82) is 0 Å². The van der Waals surface area contributed by atoms with Crippen LogP contribution in [0, 0.1) is 11.8 Å². The molecule has 2 atom stereocenters. The lowest BCUT2D eigenvalue weighted by Crippen LogP contribution is -2.27. The molecule has 23 heavy (non-hydrogen) atoms. The van der Waals surface area contributed by atoms with Crippen LogP contribution in [0.5, 0.6) is 0 Å². The molecule has 0 heterocycles. The van der Waals surface area contributed by atoms with Crippen LogP contribution in [0.3, 0.4) is 0 Å². The van der Waals surface area contributed by atoms with E-state index >= 15 is 0 Å². The van der Waals surface area contributed by atoms with Crippen LogP contribution < -0.4 is 0 Å². The quantitative estimate of drug-likeness (QED) is 0.647. The molecule has 0 saturated heterocycles. The first-order valence-corrected chi connectivity index (χ1v) is 8.28. The van der Waals surface area contributed by atoms with Gasteiger partial charge in [-0.3, -0.25) is 9.59 Å². The topological polar surface area (TPSA) is 52.6 Å². The largest absolute Gasteiger partial charge is 0.368 e. The second kappa shape index (κ2) is 13.7. The van der Waals surface area contributed by atoms with Gasteiger partial charge >= 0.3 is 0 Å². The van der Waals surface area contributed by atoms with Gasteiger partial charge in [0.25, 0.3) is 0 Å². The van der Waals surface area contributed by atoms with Gasteiger partial charge in [0.15, 0.2) is 11.6 Å². The number of hydrogen-bond acceptors (Lipinski definition) is 4. The molecule has 2 unspecified atom stereocenters. The minimum absolute atomic E-state index is 0. The van der Waals surface area contributed by atoms with Gasteiger partial charge < -0.3 is 9.47 Å². The van der Waals surface area contributed by atoms with E-state index in [0.29, 0.717) is 0 Å². The number of Topliss-reactive ketones (excluding diaryl/α,β-unsaturated/α-hetero) is 2. The Morgan fingerprint density at radius 1 is 0.565 bits per heavy atom. The van der Waals surface area contributed by atoms with Crippen LogP contribution in [-0.2, 0) is 19.1 Å². The van der Waals surface area contributed by atoms with Crippen LogP contribution in [0.4, 0.5) is 0 Å². The molecule has 0 aromatic carbocycles. The molecule has 0 rings (SSSR count). The second-order valence-electron chi connectivity index (χ2n) is 6.77. The fourth-order valence-corrected chi connectivity index (χ4v) is 1.89. The van der Waals surface area contributed by atoms with E-state index in [-0.39, 0.29) is 55.2 Å². The lowest BCUT2D eigenvalue weighted by atomic mass is 10.1. The molecule has 0 fully saturated rings. The van der Waals surface area contributed by atoms with Gasteiger partial charge in [0.05, 0.1) is 12.2 Å². The summed E-state index contributed by atoms with van der Waals surface area (Å²) < 4.78 is 10.6. The van der Waals surface area contributed by atoms with Crippen LogP contribution in [0.2, 0.25) is 0 Å². The van der Waals surface area contributed by atoms with Gasteiger partial charge in [-0.25, -0.2) is 0 Å². The first-order valence-electron chi connectivity index (χ1n) is 8.28.